The molecule has 26 heavy (non-hydrogen) atoms. The van der Waals surface area contributed by atoms with E-state index in [1.165, 1.54) is 24.3 Å². The summed E-state index contributed by atoms with van der Waals surface area (Å²) in [5, 5.41) is 2.86. The van der Waals surface area contributed by atoms with Crippen molar-refractivity contribution in [3.63, 3.8) is 0 Å². The summed E-state index contributed by atoms with van der Waals surface area (Å²) in [6.45, 7) is 3.83. The molecule has 0 fully saturated rings. The normalized spacial score (nSPS) is 10.4. The van der Waals surface area contributed by atoms with E-state index in [1.54, 1.807) is 29.2 Å². The van der Waals surface area contributed by atoms with E-state index in [0.29, 0.717) is 32.0 Å². The van der Waals surface area contributed by atoms with Crippen molar-refractivity contribution in [1.82, 2.24) is 10.2 Å². The van der Waals surface area contributed by atoms with Crippen molar-refractivity contribution in [3.8, 4) is 5.75 Å². The lowest BCUT2D eigenvalue weighted by atomic mass is 10.2. The molecule has 2 rings (SSSR count). The van der Waals surface area contributed by atoms with Crippen molar-refractivity contribution in [2.45, 2.75) is 26.3 Å². The topological polar surface area (TPSA) is 41.6 Å². The maximum atomic E-state index is 13.2. The number of hydrogen-bond donors (Lipinski definition) is 1. The van der Waals surface area contributed by atoms with E-state index in [4.69, 9.17) is 4.74 Å². The molecule has 140 valence electrons. The van der Waals surface area contributed by atoms with Gasteiger partial charge in [-0.3, -0.25) is 0 Å². The van der Waals surface area contributed by atoms with Crippen LogP contribution in [0.1, 0.15) is 25.3 Å². The lowest BCUT2D eigenvalue weighted by molar-refractivity contribution is 0.197. The summed E-state index contributed by atoms with van der Waals surface area (Å²) in [6.07, 6.45) is 1.54. The maximum absolute atomic E-state index is 13.2. The predicted molar refractivity (Wildman–Crippen MR) is 97.0 cm³/mol. The molecule has 0 saturated carbocycles. The molecule has 0 aliphatic rings. The Morgan fingerprint density at radius 1 is 1.08 bits per heavy atom. The number of nitrogens with zero attached hydrogens (tertiary/aromatic N) is 1. The minimum absolute atomic E-state index is 0.170. The molecule has 6 heteroatoms. The van der Waals surface area contributed by atoms with Crippen LogP contribution < -0.4 is 10.1 Å². The van der Waals surface area contributed by atoms with Gasteiger partial charge in [0.2, 0.25) is 0 Å². The van der Waals surface area contributed by atoms with Crippen LogP contribution in [0.4, 0.5) is 13.6 Å². The van der Waals surface area contributed by atoms with Crippen molar-refractivity contribution in [1.29, 1.82) is 0 Å². The van der Waals surface area contributed by atoms with Crippen LogP contribution in [0.5, 0.6) is 5.75 Å². The number of hydrogen-bond acceptors (Lipinski definition) is 2. The molecule has 0 radical (unpaired) electrons. The van der Waals surface area contributed by atoms with E-state index >= 15 is 0 Å². The fourth-order valence-electron chi connectivity index (χ4n) is 2.44. The van der Waals surface area contributed by atoms with Gasteiger partial charge in [0.25, 0.3) is 0 Å². The van der Waals surface area contributed by atoms with Crippen LogP contribution >= 0.6 is 0 Å². The van der Waals surface area contributed by atoms with E-state index in [2.05, 4.69) is 5.32 Å². The number of urea groups is 1. The molecule has 2 aromatic carbocycles. The number of unbranched alkanes of at least 4 members (excludes halogenated alkanes) is 1. The lowest BCUT2D eigenvalue weighted by Crippen LogP contribution is -2.39. The zero-order chi connectivity index (χ0) is 18.8. The fraction of sp³-hybridized carbons (Fsp3) is 0.350. The van der Waals surface area contributed by atoms with Gasteiger partial charge in [0, 0.05) is 19.6 Å². The summed E-state index contributed by atoms with van der Waals surface area (Å²) >= 11 is 0. The van der Waals surface area contributed by atoms with E-state index in [-0.39, 0.29) is 17.7 Å². The van der Waals surface area contributed by atoms with Crippen molar-refractivity contribution in [2.75, 3.05) is 19.7 Å². The molecule has 0 spiro atoms. The number of rotatable bonds is 9. The monoisotopic (exact) mass is 362 g/mol. The fourth-order valence-corrected chi connectivity index (χ4v) is 2.44. The van der Waals surface area contributed by atoms with E-state index < -0.39 is 0 Å². The van der Waals surface area contributed by atoms with Gasteiger partial charge < -0.3 is 15.0 Å². The van der Waals surface area contributed by atoms with E-state index in [1.807, 2.05) is 6.92 Å². The summed E-state index contributed by atoms with van der Waals surface area (Å²) in [4.78, 5) is 13.8. The van der Waals surface area contributed by atoms with Gasteiger partial charge in [0.1, 0.15) is 17.4 Å². The van der Waals surface area contributed by atoms with Gasteiger partial charge in [-0.05, 0) is 61.7 Å². The average molecular weight is 362 g/mol. The van der Waals surface area contributed by atoms with Gasteiger partial charge in [-0.15, -0.1) is 0 Å². The molecule has 0 aromatic heterocycles. The summed E-state index contributed by atoms with van der Waals surface area (Å²) in [5.74, 6) is 0.0292. The first-order chi connectivity index (χ1) is 12.6. The highest BCUT2D eigenvalue weighted by atomic mass is 19.1. The number of carbonyl (C=O) groups excluding carboxylic acids is 1. The largest absolute Gasteiger partial charge is 0.494 e. The Kier molecular flexibility index (Phi) is 7.86. The zero-order valence-electron chi connectivity index (χ0n) is 14.9. The van der Waals surface area contributed by atoms with Gasteiger partial charge in [0.05, 0.1) is 6.61 Å². The highest BCUT2D eigenvalue weighted by molar-refractivity contribution is 5.74. The first-order valence-corrected chi connectivity index (χ1v) is 8.74. The van der Waals surface area contributed by atoms with Crippen molar-refractivity contribution in [3.05, 3.63) is 65.7 Å². The molecule has 0 bridgehead atoms. The van der Waals surface area contributed by atoms with Crippen LogP contribution in [-0.2, 0) is 6.54 Å². The van der Waals surface area contributed by atoms with Crippen LogP contribution in [0.15, 0.2) is 48.5 Å². The molecule has 0 unspecified atom stereocenters. The average Bonchev–Trinajstić information content (AvgIpc) is 2.64. The van der Waals surface area contributed by atoms with Crippen molar-refractivity contribution in [2.24, 2.45) is 0 Å². The number of nitrogens with one attached hydrogen (secondary N) is 1. The highest BCUT2D eigenvalue weighted by Gasteiger charge is 2.11. The smallest absolute Gasteiger partial charge is 0.317 e. The summed E-state index contributed by atoms with van der Waals surface area (Å²) in [6, 6.07) is 12.0. The van der Waals surface area contributed by atoms with E-state index in [9.17, 15) is 13.6 Å². The number of halogens is 2. The molecular weight excluding hydrogens is 338 g/mol. The third kappa shape index (κ3) is 6.70. The first kappa shape index (κ1) is 19.7. The zero-order valence-corrected chi connectivity index (χ0v) is 14.9. The summed E-state index contributed by atoms with van der Waals surface area (Å²) in [7, 11) is 0. The summed E-state index contributed by atoms with van der Waals surface area (Å²) < 4.78 is 31.5. The molecule has 0 saturated heterocycles. The van der Waals surface area contributed by atoms with Crippen LogP contribution in [-0.4, -0.2) is 30.6 Å². The molecule has 0 atom stereocenters. The molecule has 1 N–H and O–H groups in total. The predicted octanol–water partition coefficient (Wildman–Crippen LogP) is 4.36. The molecule has 0 aliphatic carbocycles. The Morgan fingerprint density at radius 3 is 2.54 bits per heavy atom. The van der Waals surface area contributed by atoms with Gasteiger partial charge in [-0.2, -0.15) is 0 Å². The number of ether oxygens (including phenoxy) is 1. The van der Waals surface area contributed by atoms with Gasteiger partial charge >= 0.3 is 6.03 Å². The van der Waals surface area contributed by atoms with Gasteiger partial charge in [0.15, 0.2) is 0 Å². The number of amides is 2. The quantitative estimate of drug-likeness (QED) is 0.674. The summed E-state index contributed by atoms with van der Waals surface area (Å²) in [5.41, 5.74) is 0.759. The second-order valence-corrected chi connectivity index (χ2v) is 5.89. The Hall–Kier alpha value is -2.63. The SMILES string of the molecule is CCN(Cc1cccc(F)c1)C(=O)NCCCCOc1ccc(F)cc1. The molecule has 0 aliphatic heterocycles. The second kappa shape index (κ2) is 10.4. The molecule has 0 heterocycles. The van der Waals surface area contributed by atoms with Gasteiger partial charge in [-0.1, -0.05) is 12.1 Å². The van der Waals surface area contributed by atoms with Crippen molar-refractivity contribution < 1.29 is 18.3 Å². The third-order valence-corrected chi connectivity index (χ3v) is 3.86. The van der Waals surface area contributed by atoms with Crippen LogP contribution in [0.2, 0.25) is 0 Å². The minimum atomic E-state index is -0.305. The van der Waals surface area contributed by atoms with Crippen LogP contribution in [0, 0.1) is 11.6 Å². The van der Waals surface area contributed by atoms with Crippen LogP contribution in [0.3, 0.4) is 0 Å². The van der Waals surface area contributed by atoms with Crippen molar-refractivity contribution >= 4 is 6.03 Å². The lowest BCUT2D eigenvalue weighted by Gasteiger charge is -2.21. The maximum Gasteiger partial charge on any atom is 0.317 e. The molecule has 4 nitrogen and oxygen atoms in total. The Balaban J connectivity index is 1.64. The minimum Gasteiger partial charge on any atom is -0.494 e. The number of carbonyl (C=O) groups is 1. The molecular formula is C20H24F2N2O2. The Labute approximate surface area is 152 Å². The van der Waals surface area contributed by atoms with E-state index in [0.717, 1.165) is 18.4 Å². The van der Waals surface area contributed by atoms with Crippen LogP contribution in [0.25, 0.3) is 0 Å². The molecule has 2 amide bonds. The Morgan fingerprint density at radius 2 is 1.85 bits per heavy atom. The molecule has 2 aromatic rings. The van der Waals surface area contributed by atoms with Gasteiger partial charge in [-0.25, -0.2) is 13.6 Å². The highest BCUT2D eigenvalue weighted by Crippen LogP contribution is 2.11. The number of benzene rings is 2. The Bertz CT molecular complexity index is 692. The second-order valence-electron chi connectivity index (χ2n) is 5.89. The third-order valence-electron chi connectivity index (χ3n) is 3.86. The standard InChI is InChI=1S/C20H24F2N2O2/c1-2-24(15-16-6-5-7-18(22)14-16)20(25)23-12-3-4-13-26-19-10-8-17(21)9-11-19/h5-11,14H,2-4,12-13,15H2,1H3,(H,23,25). The first-order valence-electron chi connectivity index (χ1n) is 8.74.